The van der Waals surface area contributed by atoms with Gasteiger partial charge < -0.3 is 14.2 Å². The molecule has 1 aromatic rings. The van der Waals surface area contributed by atoms with Crippen molar-refractivity contribution in [1.82, 2.24) is 14.8 Å². The van der Waals surface area contributed by atoms with Gasteiger partial charge in [-0.25, -0.2) is 4.79 Å². The molecular formula is C17H23N3O4. The number of carbonyl (C=O) groups excluding carboxylic acids is 2. The van der Waals surface area contributed by atoms with Crippen LogP contribution in [0.25, 0.3) is 0 Å². The second-order valence-corrected chi connectivity index (χ2v) is 5.60. The standard InChI is InChI=1S/C17H23N3O4/c1-2-3-4-11-24-12-10-19-8-5-6-14(16(19)22)13-20-9-7-15(21)18-17(20)23/h2,5-6,8H,1,3-4,7,9-13H2,(H,18,21,23). The summed E-state index contributed by atoms with van der Waals surface area (Å²) in [5.74, 6) is -0.282. The predicted octanol–water partition coefficient (Wildman–Crippen LogP) is 1.27. The Labute approximate surface area is 140 Å². The van der Waals surface area contributed by atoms with E-state index in [0.29, 0.717) is 31.9 Å². The summed E-state index contributed by atoms with van der Waals surface area (Å²) in [6, 6.07) is 3.03. The van der Waals surface area contributed by atoms with Gasteiger partial charge in [-0.15, -0.1) is 6.58 Å². The molecule has 0 aliphatic carbocycles. The zero-order valence-corrected chi connectivity index (χ0v) is 13.7. The van der Waals surface area contributed by atoms with Crippen LogP contribution in [0.5, 0.6) is 0 Å². The van der Waals surface area contributed by atoms with Crippen molar-refractivity contribution >= 4 is 11.9 Å². The Bertz CT molecular complexity index is 653. The lowest BCUT2D eigenvalue weighted by Gasteiger charge is -2.26. The number of nitrogens with zero attached hydrogens (tertiary/aromatic N) is 2. The van der Waals surface area contributed by atoms with Crippen LogP contribution in [0.15, 0.2) is 35.8 Å². The minimum Gasteiger partial charge on any atom is -0.380 e. The second-order valence-electron chi connectivity index (χ2n) is 5.60. The average molecular weight is 333 g/mol. The van der Waals surface area contributed by atoms with Crippen molar-refractivity contribution in [2.24, 2.45) is 0 Å². The topological polar surface area (TPSA) is 80.6 Å². The van der Waals surface area contributed by atoms with E-state index in [0.717, 1.165) is 12.8 Å². The molecule has 1 aliphatic heterocycles. The Morgan fingerprint density at radius 3 is 2.88 bits per heavy atom. The number of hydrogen-bond donors (Lipinski definition) is 1. The van der Waals surface area contributed by atoms with Crippen LogP contribution < -0.4 is 10.9 Å². The highest BCUT2D eigenvalue weighted by molar-refractivity contribution is 5.96. The number of imide groups is 1. The number of urea groups is 1. The number of hydrogen-bond acceptors (Lipinski definition) is 4. The maximum Gasteiger partial charge on any atom is 0.324 e. The first-order valence-electron chi connectivity index (χ1n) is 8.07. The molecule has 1 N–H and O–H groups in total. The fraction of sp³-hybridized carbons (Fsp3) is 0.471. The number of aromatic nitrogens is 1. The zero-order valence-electron chi connectivity index (χ0n) is 13.7. The van der Waals surface area contributed by atoms with E-state index in [1.165, 1.54) is 4.90 Å². The Balaban J connectivity index is 1.90. The lowest BCUT2D eigenvalue weighted by molar-refractivity contribution is -0.121. The molecule has 0 aromatic carbocycles. The lowest BCUT2D eigenvalue weighted by Crippen LogP contribution is -2.49. The number of unbranched alkanes of at least 4 members (excludes halogenated alkanes) is 1. The van der Waals surface area contributed by atoms with Gasteiger partial charge in [0.2, 0.25) is 5.91 Å². The van der Waals surface area contributed by atoms with Crippen LogP contribution in [0, 0.1) is 0 Å². The van der Waals surface area contributed by atoms with E-state index in [2.05, 4.69) is 11.9 Å². The van der Waals surface area contributed by atoms with Gasteiger partial charge in [0.05, 0.1) is 13.2 Å². The molecular weight excluding hydrogens is 310 g/mol. The highest BCUT2D eigenvalue weighted by Crippen LogP contribution is 2.05. The lowest BCUT2D eigenvalue weighted by atomic mass is 10.2. The molecule has 0 saturated carbocycles. The molecule has 1 aromatic heterocycles. The molecule has 2 rings (SSSR count). The van der Waals surface area contributed by atoms with Crippen molar-refractivity contribution in [3.8, 4) is 0 Å². The highest BCUT2D eigenvalue weighted by atomic mass is 16.5. The fourth-order valence-corrected chi connectivity index (χ4v) is 2.43. The molecule has 3 amide bonds. The normalized spacial score (nSPS) is 14.6. The van der Waals surface area contributed by atoms with Gasteiger partial charge in [-0.3, -0.25) is 14.9 Å². The van der Waals surface area contributed by atoms with Crippen molar-refractivity contribution in [3.05, 3.63) is 46.9 Å². The summed E-state index contributed by atoms with van der Waals surface area (Å²) in [4.78, 5) is 36.8. The highest BCUT2D eigenvalue weighted by Gasteiger charge is 2.23. The first-order chi connectivity index (χ1) is 11.6. The van der Waals surface area contributed by atoms with Gasteiger partial charge in [0.15, 0.2) is 0 Å². The van der Waals surface area contributed by atoms with E-state index in [1.54, 1.807) is 22.9 Å². The van der Waals surface area contributed by atoms with Crippen molar-refractivity contribution in [3.63, 3.8) is 0 Å². The summed E-state index contributed by atoms with van der Waals surface area (Å²) < 4.78 is 7.07. The first-order valence-corrected chi connectivity index (χ1v) is 8.07. The molecule has 1 fully saturated rings. The Morgan fingerprint density at radius 1 is 1.29 bits per heavy atom. The van der Waals surface area contributed by atoms with Crippen LogP contribution >= 0.6 is 0 Å². The van der Waals surface area contributed by atoms with Crippen molar-refractivity contribution in [2.45, 2.75) is 32.4 Å². The van der Waals surface area contributed by atoms with Crippen LogP contribution in [-0.2, 0) is 22.6 Å². The van der Waals surface area contributed by atoms with E-state index < -0.39 is 6.03 Å². The van der Waals surface area contributed by atoms with Gasteiger partial charge in [0.25, 0.3) is 5.56 Å². The third kappa shape index (κ3) is 5.06. The Kier molecular flexibility index (Phi) is 6.74. The molecule has 1 saturated heterocycles. The number of ether oxygens (including phenoxy) is 1. The van der Waals surface area contributed by atoms with Crippen molar-refractivity contribution in [2.75, 3.05) is 19.8 Å². The van der Waals surface area contributed by atoms with Crippen LogP contribution in [0.1, 0.15) is 24.8 Å². The van der Waals surface area contributed by atoms with Gasteiger partial charge in [-0.05, 0) is 18.9 Å². The number of rotatable bonds is 9. The smallest absolute Gasteiger partial charge is 0.324 e. The molecule has 2 heterocycles. The summed E-state index contributed by atoms with van der Waals surface area (Å²) in [5.41, 5.74) is 0.380. The molecule has 0 bridgehead atoms. The van der Waals surface area contributed by atoms with E-state index in [1.807, 2.05) is 6.08 Å². The van der Waals surface area contributed by atoms with Crippen molar-refractivity contribution in [1.29, 1.82) is 0 Å². The average Bonchev–Trinajstić information content (AvgIpc) is 2.56. The molecule has 0 radical (unpaired) electrons. The number of nitrogens with one attached hydrogen (secondary N) is 1. The van der Waals surface area contributed by atoms with E-state index in [9.17, 15) is 14.4 Å². The van der Waals surface area contributed by atoms with E-state index >= 15 is 0 Å². The SMILES string of the molecule is C=CCCCOCCn1cccc(CN2CCC(=O)NC2=O)c1=O. The maximum atomic E-state index is 12.4. The van der Waals surface area contributed by atoms with E-state index in [4.69, 9.17) is 4.74 Å². The summed E-state index contributed by atoms with van der Waals surface area (Å²) in [5, 5.41) is 2.25. The molecule has 0 unspecified atom stereocenters. The maximum absolute atomic E-state index is 12.4. The quantitative estimate of drug-likeness (QED) is 0.545. The van der Waals surface area contributed by atoms with Gasteiger partial charge in [0, 0.05) is 37.9 Å². The monoisotopic (exact) mass is 333 g/mol. The van der Waals surface area contributed by atoms with Crippen LogP contribution in [0.4, 0.5) is 4.79 Å². The number of amides is 3. The van der Waals surface area contributed by atoms with Gasteiger partial charge in [0.1, 0.15) is 0 Å². The van der Waals surface area contributed by atoms with Crippen LogP contribution in [0.2, 0.25) is 0 Å². The van der Waals surface area contributed by atoms with E-state index in [-0.39, 0.29) is 24.4 Å². The largest absolute Gasteiger partial charge is 0.380 e. The zero-order chi connectivity index (χ0) is 17.4. The molecule has 130 valence electrons. The van der Waals surface area contributed by atoms with Crippen LogP contribution in [-0.4, -0.2) is 41.2 Å². The van der Waals surface area contributed by atoms with Crippen molar-refractivity contribution < 1.29 is 14.3 Å². The summed E-state index contributed by atoms with van der Waals surface area (Å²) >= 11 is 0. The first kappa shape index (κ1) is 17.9. The molecule has 1 aliphatic rings. The molecule has 7 nitrogen and oxygen atoms in total. The second kappa shape index (κ2) is 9.02. The van der Waals surface area contributed by atoms with Gasteiger partial charge in [-0.2, -0.15) is 0 Å². The fourth-order valence-electron chi connectivity index (χ4n) is 2.43. The summed E-state index contributed by atoms with van der Waals surface area (Å²) in [6.45, 7) is 5.73. The minimum absolute atomic E-state index is 0.142. The molecule has 0 atom stereocenters. The third-order valence-electron chi connectivity index (χ3n) is 3.78. The predicted molar refractivity (Wildman–Crippen MR) is 89.5 cm³/mol. The molecule has 0 spiro atoms. The summed E-state index contributed by atoms with van der Waals surface area (Å²) in [6.07, 6.45) is 5.64. The minimum atomic E-state index is -0.452. The number of pyridine rings is 1. The Morgan fingerprint density at radius 2 is 2.12 bits per heavy atom. The molecule has 24 heavy (non-hydrogen) atoms. The Hall–Kier alpha value is -2.41. The number of carbonyl (C=O) groups is 2. The van der Waals surface area contributed by atoms with Crippen LogP contribution in [0.3, 0.4) is 0 Å². The van der Waals surface area contributed by atoms with Gasteiger partial charge >= 0.3 is 6.03 Å². The third-order valence-corrected chi connectivity index (χ3v) is 3.78. The summed E-state index contributed by atoms with van der Waals surface area (Å²) in [7, 11) is 0. The molecule has 7 heteroatoms. The van der Waals surface area contributed by atoms with Gasteiger partial charge in [-0.1, -0.05) is 12.1 Å². The number of allylic oxidation sites excluding steroid dienone is 1.